The molecule has 1 aliphatic rings. The number of carbonyl (C=O) groups is 1. The first-order chi connectivity index (χ1) is 17.2. The molecule has 4 rings (SSSR count). The lowest BCUT2D eigenvalue weighted by atomic mass is 9.96. The molecule has 0 spiro atoms. The molecule has 3 aromatic rings. The van der Waals surface area contributed by atoms with E-state index < -0.39 is 0 Å². The lowest BCUT2D eigenvalue weighted by Gasteiger charge is -2.12. The highest BCUT2D eigenvalue weighted by Gasteiger charge is 2.24. The lowest BCUT2D eigenvalue weighted by Crippen LogP contribution is -2.14. The van der Waals surface area contributed by atoms with Crippen molar-refractivity contribution in [2.45, 2.75) is 45.4 Å². The molecule has 0 bridgehead atoms. The number of fused-ring (bicyclic) bond motifs is 1. The van der Waals surface area contributed by atoms with Gasteiger partial charge in [0.2, 0.25) is 0 Å². The van der Waals surface area contributed by atoms with Gasteiger partial charge in [-0.25, -0.2) is 4.99 Å². The van der Waals surface area contributed by atoms with Gasteiger partial charge in [-0.1, -0.05) is 31.0 Å². The summed E-state index contributed by atoms with van der Waals surface area (Å²) in [5, 5.41) is 12.6. The van der Waals surface area contributed by atoms with Crippen molar-refractivity contribution >= 4 is 34.1 Å². The number of amides is 1. The average Bonchev–Trinajstić information content (AvgIpc) is 3.19. The number of benzene rings is 2. The van der Waals surface area contributed by atoms with Crippen LogP contribution < -0.4 is 14.8 Å². The molecule has 0 aliphatic heterocycles. The molecule has 1 amide bonds. The van der Waals surface area contributed by atoms with Gasteiger partial charge < -0.3 is 14.8 Å². The Hall–Kier alpha value is -3.63. The molecule has 0 unspecified atom stereocenters. The van der Waals surface area contributed by atoms with Gasteiger partial charge in [0.25, 0.3) is 5.91 Å². The number of hydrogen-bond acceptors (Lipinski definition) is 6. The van der Waals surface area contributed by atoms with Crippen LogP contribution >= 0.6 is 11.3 Å². The summed E-state index contributed by atoms with van der Waals surface area (Å²) in [5.74, 6) is 0.969. The fourth-order valence-electron chi connectivity index (χ4n) is 4.18. The van der Waals surface area contributed by atoms with E-state index in [1.165, 1.54) is 17.7 Å². The van der Waals surface area contributed by atoms with E-state index in [0.29, 0.717) is 23.7 Å². The van der Waals surface area contributed by atoms with Crippen LogP contribution in [0, 0.1) is 11.3 Å². The Kier molecular flexibility index (Phi) is 8.53. The van der Waals surface area contributed by atoms with Gasteiger partial charge in [0.1, 0.15) is 11.1 Å². The third-order valence-corrected chi connectivity index (χ3v) is 7.00. The first-order valence-corrected chi connectivity index (χ1v) is 12.8. The van der Waals surface area contributed by atoms with Crippen molar-refractivity contribution in [1.82, 2.24) is 0 Å². The lowest BCUT2D eigenvalue weighted by molar-refractivity contribution is 0.102. The van der Waals surface area contributed by atoms with Crippen LogP contribution in [0.5, 0.6) is 11.5 Å². The number of anilines is 1. The minimum absolute atomic E-state index is 0.0475. The molecule has 35 heavy (non-hydrogen) atoms. The van der Waals surface area contributed by atoms with Gasteiger partial charge in [-0.2, -0.15) is 5.26 Å². The fraction of sp³-hybridized carbons (Fsp3) is 0.321. The van der Waals surface area contributed by atoms with Crippen LogP contribution in [0.4, 0.5) is 10.7 Å². The van der Waals surface area contributed by atoms with E-state index in [4.69, 9.17) is 19.7 Å². The van der Waals surface area contributed by atoms with Crippen LogP contribution in [0.3, 0.4) is 0 Å². The molecular weight excluding hydrogens is 458 g/mol. The number of para-hydroxylation sites is 1. The van der Waals surface area contributed by atoms with Gasteiger partial charge in [0.15, 0.2) is 18.1 Å². The first kappa shape index (κ1) is 24.5. The van der Waals surface area contributed by atoms with E-state index in [9.17, 15) is 4.79 Å². The average molecular weight is 488 g/mol. The van der Waals surface area contributed by atoms with Crippen LogP contribution in [0.2, 0.25) is 0 Å². The molecule has 0 saturated carbocycles. The number of ether oxygens (including phenoxy) is 2. The summed E-state index contributed by atoms with van der Waals surface area (Å²) < 4.78 is 11.2. The molecule has 180 valence electrons. The van der Waals surface area contributed by atoms with Crippen molar-refractivity contribution in [2.75, 3.05) is 18.5 Å². The van der Waals surface area contributed by atoms with Crippen molar-refractivity contribution < 1.29 is 14.3 Å². The van der Waals surface area contributed by atoms with Crippen LogP contribution in [-0.2, 0) is 12.8 Å². The van der Waals surface area contributed by atoms with Gasteiger partial charge in [0, 0.05) is 16.8 Å². The molecule has 0 fully saturated rings. The normalized spacial score (nSPS) is 13.4. The zero-order chi connectivity index (χ0) is 24.5. The van der Waals surface area contributed by atoms with Crippen LogP contribution in [0.25, 0.3) is 0 Å². The second-order valence-corrected chi connectivity index (χ2v) is 9.35. The number of aliphatic imine (C=N–C) groups is 1. The highest BCUT2D eigenvalue weighted by Crippen LogP contribution is 2.39. The van der Waals surface area contributed by atoms with Crippen LogP contribution in [-0.4, -0.2) is 25.3 Å². The van der Waals surface area contributed by atoms with Crippen molar-refractivity contribution in [3.8, 4) is 17.6 Å². The maximum absolute atomic E-state index is 13.4. The number of carbonyl (C=O) groups excluding carboxylic acids is 1. The van der Waals surface area contributed by atoms with Gasteiger partial charge >= 0.3 is 0 Å². The highest BCUT2D eigenvalue weighted by atomic mass is 32.1. The Morgan fingerprint density at radius 2 is 1.89 bits per heavy atom. The van der Waals surface area contributed by atoms with E-state index in [1.54, 1.807) is 23.6 Å². The summed E-state index contributed by atoms with van der Waals surface area (Å²) in [6.45, 7) is 2.33. The predicted molar refractivity (Wildman–Crippen MR) is 141 cm³/mol. The molecule has 1 N–H and O–H groups in total. The van der Waals surface area contributed by atoms with E-state index in [-0.39, 0.29) is 12.5 Å². The SMILES string of the molecule is CCOc1cc(C=Nc2sc3c(c2C(=O)Nc2ccccc2)CCCCCC3)ccc1OCC#N. The van der Waals surface area contributed by atoms with E-state index in [2.05, 4.69) is 5.32 Å². The number of hydrogen-bond donors (Lipinski definition) is 1. The molecule has 1 aromatic heterocycles. The molecule has 0 radical (unpaired) electrons. The van der Waals surface area contributed by atoms with Crippen molar-refractivity contribution in [3.05, 3.63) is 70.1 Å². The second kappa shape index (κ2) is 12.2. The smallest absolute Gasteiger partial charge is 0.259 e. The van der Waals surface area contributed by atoms with Crippen molar-refractivity contribution in [1.29, 1.82) is 5.26 Å². The monoisotopic (exact) mass is 487 g/mol. The Morgan fingerprint density at radius 1 is 1.09 bits per heavy atom. The van der Waals surface area contributed by atoms with Gasteiger partial charge in [-0.15, -0.1) is 11.3 Å². The predicted octanol–water partition coefficient (Wildman–Crippen LogP) is 6.71. The van der Waals surface area contributed by atoms with E-state index in [0.717, 1.165) is 47.5 Å². The molecule has 0 saturated heterocycles. The Balaban J connectivity index is 1.67. The minimum Gasteiger partial charge on any atom is -0.490 e. The number of aryl methyl sites for hydroxylation is 1. The number of nitrogens with zero attached hydrogens (tertiary/aromatic N) is 2. The maximum atomic E-state index is 13.4. The summed E-state index contributed by atoms with van der Waals surface area (Å²) in [7, 11) is 0. The topological polar surface area (TPSA) is 83.7 Å². The summed E-state index contributed by atoms with van der Waals surface area (Å²) in [4.78, 5) is 19.5. The van der Waals surface area contributed by atoms with Gasteiger partial charge in [0.05, 0.1) is 12.2 Å². The molecular formula is C28H29N3O3S. The maximum Gasteiger partial charge on any atom is 0.259 e. The summed E-state index contributed by atoms with van der Waals surface area (Å²) in [5.41, 5.74) is 3.43. The van der Waals surface area contributed by atoms with E-state index >= 15 is 0 Å². The quantitative estimate of drug-likeness (QED) is 0.358. The van der Waals surface area contributed by atoms with Crippen molar-refractivity contribution in [2.24, 2.45) is 4.99 Å². The zero-order valence-corrected chi connectivity index (χ0v) is 20.7. The van der Waals surface area contributed by atoms with E-state index in [1.807, 2.05) is 55.5 Å². The summed E-state index contributed by atoms with van der Waals surface area (Å²) >= 11 is 1.62. The number of nitrogens with one attached hydrogen (secondary N) is 1. The number of thiophene rings is 1. The summed E-state index contributed by atoms with van der Waals surface area (Å²) in [6, 6.07) is 17.0. The van der Waals surface area contributed by atoms with Gasteiger partial charge in [-0.05, 0) is 74.1 Å². The zero-order valence-electron chi connectivity index (χ0n) is 19.9. The number of rotatable bonds is 8. The van der Waals surface area contributed by atoms with Crippen LogP contribution in [0.15, 0.2) is 53.5 Å². The molecule has 7 heteroatoms. The highest BCUT2D eigenvalue weighted by molar-refractivity contribution is 7.16. The van der Waals surface area contributed by atoms with Crippen LogP contribution in [0.1, 0.15) is 59.0 Å². The largest absolute Gasteiger partial charge is 0.490 e. The molecule has 1 heterocycles. The van der Waals surface area contributed by atoms with Crippen molar-refractivity contribution in [3.63, 3.8) is 0 Å². The minimum atomic E-state index is -0.114. The third-order valence-electron chi connectivity index (χ3n) is 5.80. The second-order valence-electron chi connectivity index (χ2n) is 8.26. The standard InChI is InChI=1S/C28H29N3O3S/c1-2-33-24-18-20(14-15-23(24)34-17-16-29)19-30-28-26(27(32)31-21-10-6-5-7-11-21)22-12-8-3-4-9-13-25(22)35-28/h5-7,10-11,14-15,18-19H,2-4,8-9,12-13,17H2,1H3,(H,31,32). The Bertz CT molecular complexity index is 1230. The first-order valence-electron chi connectivity index (χ1n) is 12.0. The third kappa shape index (κ3) is 6.28. The molecule has 2 aromatic carbocycles. The number of nitriles is 1. The molecule has 6 nitrogen and oxygen atoms in total. The Morgan fingerprint density at radius 3 is 2.66 bits per heavy atom. The molecule has 0 atom stereocenters. The summed E-state index contributed by atoms with van der Waals surface area (Å²) in [6.07, 6.45) is 8.28. The Labute approximate surface area is 210 Å². The fourth-order valence-corrected chi connectivity index (χ4v) is 5.41. The molecule has 1 aliphatic carbocycles. The van der Waals surface area contributed by atoms with Gasteiger partial charge in [-0.3, -0.25) is 4.79 Å².